The zero-order chi connectivity index (χ0) is 9.40. The molecule has 0 aliphatic heterocycles. The summed E-state index contributed by atoms with van der Waals surface area (Å²) in [7, 11) is 5.88. The van der Waals surface area contributed by atoms with E-state index in [1.54, 1.807) is 7.11 Å². The second kappa shape index (κ2) is 7.53. The first-order valence-corrected chi connectivity index (χ1v) is 4.52. The van der Waals surface area contributed by atoms with Gasteiger partial charge < -0.3 is 15.0 Å². The molecular formula is C9H22N2O. The number of likely N-dealkylation sites (N-methyl/N-ethyl adjacent to an activating group) is 2. The second-order valence-electron chi connectivity index (χ2n) is 3.43. The SMILES string of the molecule is CNCCN(C)CC(C)COC. The first-order valence-electron chi connectivity index (χ1n) is 4.52. The second-order valence-corrected chi connectivity index (χ2v) is 3.43. The van der Waals surface area contributed by atoms with E-state index in [0.29, 0.717) is 5.92 Å². The molecule has 0 radical (unpaired) electrons. The van der Waals surface area contributed by atoms with E-state index in [1.165, 1.54) is 0 Å². The van der Waals surface area contributed by atoms with E-state index in [1.807, 2.05) is 7.05 Å². The summed E-state index contributed by atoms with van der Waals surface area (Å²) >= 11 is 0. The lowest BCUT2D eigenvalue weighted by Gasteiger charge is -2.20. The zero-order valence-corrected chi connectivity index (χ0v) is 8.76. The molecule has 0 rings (SSSR count). The van der Waals surface area contributed by atoms with Crippen molar-refractivity contribution in [3.05, 3.63) is 0 Å². The highest BCUT2D eigenvalue weighted by atomic mass is 16.5. The van der Waals surface area contributed by atoms with E-state index in [4.69, 9.17) is 4.74 Å². The van der Waals surface area contributed by atoms with Crippen LogP contribution in [0.5, 0.6) is 0 Å². The monoisotopic (exact) mass is 174 g/mol. The van der Waals surface area contributed by atoms with E-state index in [9.17, 15) is 0 Å². The molecule has 0 heterocycles. The molecule has 0 aromatic rings. The maximum absolute atomic E-state index is 5.07. The lowest BCUT2D eigenvalue weighted by Crippen LogP contribution is -2.32. The molecule has 0 saturated carbocycles. The number of hydrogen-bond donors (Lipinski definition) is 1. The Morgan fingerprint density at radius 2 is 2.17 bits per heavy atom. The van der Waals surface area contributed by atoms with Gasteiger partial charge in [0.1, 0.15) is 0 Å². The minimum Gasteiger partial charge on any atom is -0.384 e. The molecule has 0 spiro atoms. The quantitative estimate of drug-likeness (QED) is 0.605. The van der Waals surface area contributed by atoms with Gasteiger partial charge in [-0.25, -0.2) is 0 Å². The topological polar surface area (TPSA) is 24.5 Å². The number of nitrogens with zero attached hydrogens (tertiary/aromatic N) is 1. The van der Waals surface area contributed by atoms with Gasteiger partial charge in [0.05, 0.1) is 0 Å². The highest BCUT2D eigenvalue weighted by Crippen LogP contribution is 1.97. The van der Waals surface area contributed by atoms with Crippen LogP contribution in [0.1, 0.15) is 6.92 Å². The maximum atomic E-state index is 5.07. The van der Waals surface area contributed by atoms with Gasteiger partial charge in [-0.05, 0) is 20.0 Å². The molecule has 0 saturated heterocycles. The summed E-state index contributed by atoms with van der Waals surface area (Å²) in [5.74, 6) is 0.622. The Balaban J connectivity index is 3.33. The van der Waals surface area contributed by atoms with Crippen LogP contribution in [0.3, 0.4) is 0 Å². The Morgan fingerprint density at radius 3 is 2.67 bits per heavy atom. The fourth-order valence-corrected chi connectivity index (χ4v) is 1.26. The van der Waals surface area contributed by atoms with Crippen molar-refractivity contribution in [1.29, 1.82) is 0 Å². The minimum atomic E-state index is 0.622. The number of nitrogens with one attached hydrogen (secondary N) is 1. The number of hydrogen-bond acceptors (Lipinski definition) is 3. The molecule has 0 aromatic carbocycles. The first kappa shape index (κ1) is 11.9. The van der Waals surface area contributed by atoms with Gasteiger partial charge in [-0.3, -0.25) is 0 Å². The Kier molecular flexibility index (Phi) is 7.45. The molecule has 0 aliphatic rings. The van der Waals surface area contributed by atoms with Crippen molar-refractivity contribution < 1.29 is 4.74 Å². The van der Waals surface area contributed by atoms with Crippen LogP contribution in [-0.4, -0.2) is 52.3 Å². The number of methoxy groups -OCH3 is 1. The van der Waals surface area contributed by atoms with Crippen molar-refractivity contribution in [1.82, 2.24) is 10.2 Å². The van der Waals surface area contributed by atoms with E-state index in [-0.39, 0.29) is 0 Å². The fraction of sp³-hybridized carbons (Fsp3) is 1.00. The molecule has 0 fully saturated rings. The first-order chi connectivity index (χ1) is 5.70. The molecule has 12 heavy (non-hydrogen) atoms. The van der Waals surface area contributed by atoms with E-state index in [2.05, 4.69) is 24.2 Å². The van der Waals surface area contributed by atoms with Gasteiger partial charge in [0.2, 0.25) is 0 Å². The van der Waals surface area contributed by atoms with E-state index < -0.39 is 0 Å². The van der Waals surface area contributed by atoms with Crippen molar-refractivity contribution in [2.75, 3.05) is 47.4 Å². The van der Waals surface area contributed by atoms with Gasteiger partial charge in [-0.2, -0.15) is 0 Å². The predicted molar refractivity (Wildman–Crippen MR) is 52.5 cm³/mol. The third-order valence-corrected chi connectivity index (χ3v) is 1.82. The summed E-state index contributed by atoms with van der Waals surface area (Å²) in [4.78, 5) is 2.32. The highest BCUT2D eigenvalue weighted by Gasteiger charge is 2.04. The van der Waals surface area contributed by atoms with Gasteiger partial charge in [0.25, 0.3) is 0 Å². The summed E-state index contributed by atoms with van der Waals surface area (Å²) in [5, 5.41) is 3.13. The zero-order valence-electron chi connectivity index (χ0n) is 8.76. The minimum absolute atomic E-state index is 0.622. The van der Waals surface area contributed by atoms with Crippen molar-refractivity contribution in [3.8, 4) is 0 Å². The third-order valence-electron chi connectivity index (χ3n) is 1.82. The summed E-state index contributed by atoms with van der Waals surface area (Å²) in [5.41, 5.74) is 0. The van der Waals surface area contributed by atoms with Crippen molar-refractivity contribution >= 4 is 0 Å². The lowest BCUT2D eigenvalue weighted by molar-refractivity contribution is 0.138. The van der Waals surface area contributed by atoms with Crippen LogP contribution in [0.25, 0.3) is 0 Å². The van der Waals surface area contributed by atoms with Crippen LogP contribution in [0.15, 0.2) is 0 Å². The van der Waals surface area contributed by atoms with Crippen molar-refractivity contribution in [2.45, 2.75) is 6.92 Å². The Hall–Kier alpha value is -0.120. The largest absolute Gasteiger partial charge is 0.384 e. The third kappa shape index (κ3) is 6.58. The molecule has 0 aliphatic carbocycles. The van der Waals surface area contributed by atoms with E-state index in [0.717, 1.165) is 26.2 Å². The molecule has 74 valence electrons. The summed E-state index contributed by atoms with van der Waals surface area (Å²) in [6, 6.07) is 0. The Morgan fingerprint density at radius 1 is 1.50 bits per heavy atom. The summed E-state index contributed by atoms with van der Waals surface area (Å²) in [6.07, 6.45) is 0. The summed E-state index contributed by atoms with van der Waals surface area (Å²) < 4.78 is 5.07. The number of ether oxygens (including phenoxy) is 1. The number of rotatable bonds is 7. The normalized spacial score (nSPS) is 13.8. The fourth-order valence-electron chi connectivity index (χ4n) is 1.26. The predicted octanol–water partition coefficient (Wildman–Crippen LogP) is 0.420. The van der Waals surface area contributed by atoms with Crippen LogP contribution < -0.4 is 5.32 Å². The molecule has 1 unspecified atom stereocenters. The van der Waals surface area contributed by atoms with Gasteiger partial charge in [0.15, 0.2) is 0 Å². The molecule has 1 N–H and O–H groups in total. The van der Waals surface area contributed by atoms with Crippen LogP contribution in [0.4, 0.5) is 0 Å². The standard InChI is InChI=1S/C9H22N2O/c1-9(8-12-4)7-11(3)6-5-10-2/h9-10H,5-8H2,1-4H3. The molecule has 3 nitrogen and oxygen atoms in total. The maximum Gasteiger partial charge on any atom is 0.0500 e. The molecule has 3 heteroatoms. The molecular weight excluding hydrogens is 152 g/mol. The van der Waals surface area contributed by atoms with Gasteiger partial charge in [-0.15, -0.1) is 0 Å². The molecule has 0 amide bonds. The Labute approximate surface area is 76.1 Å². The van der Waals surface area contributed by atoms with Gasteiger partial charge >= 0.3 is 0 Å². The van der Waals surface area contributed by atoms with Gasteiger partial charge in [-0.1, -0.05) is 6.92 Å². The van der Waals surface area contributed by atoms with Crippen molar-refractivity contribution in [3.63, 3.8) is 0 Å². The average Bonchev–Trinajstić information content (AvgIpc) is 2.01. The van der Waals surface area contributed by atoms with Crippen LogP contribution >= 0.6 is 0 Å². The molecule has 1 atom stereocenters. The van der Waals surface area contributed by atoms with Crippen LogP contribution in [0.2, 0.25) is 0 Å². The van der Waals surface area contributed by atoms with Crippen LogP contribution in [0, 0.1) is 5.92 Å². The van der Waals surface area contributed by atoms with Crippen molar-refractivity contribution in [2.24, 2.45) is 5.92 Å². The highest BCUT2D eigenvalue weighted by molar-refractivity contribution is 4.58. The lowest BCUT2D eigenvalue weighted by atomic mass is 10.2. The summed E-state index contributed by atoms with van der Waals surface area (Å²) in [6.45, 7) is 6.32. The molecule has 0 bridgehead atoms. The Bertz CT molecular complexity index is 98.5. The van der Waals surface area contributed by atoms with Gasteiger partial charge in [0, 0.05) is 33.4 Å². The average molecular weight is 174 g/mol. The molecule has 0 aromatic heterocycles. The van der Waals surface area contributed by atoms with E-state index >= 15 is 0 Å². The van der Waals surface area contributed by atoms with Crippen LogP contribution in [-0.2, 0) is 4.74 Å². The smallest absolute Gasteiger partial charge is 0.0500 e.